The van der Waals surface area contributed by atoms with Crippen molar-refractivity contribution in [2.75, 3.05) is 0 Å². The van der Waals surface area contributed by atoms with Gasteiger partial charge in [0.05, 0.1) is 0 Å². The van der Waals surface area contributed by atoms with Crippen molar-refractivity contribution in [3.8, 4) is 50.9 Å². The minimum atomic E-state index is -0.0913. The van der Waals surface area contributed by atoms with Crippen LogP contribution in [0.15, 0.2) is 206 Å². The number of rotatable bonds is 7. The van der Waals surface area contributed by atoms with Gasteiger partial charge in [-0.15, -0.1) is 0 Å². The van der Waals surface area contributed by atoms with E-state index in [4.69, 9.17) is 9.72 Å². The van der Waals surface area contributed by atoms with Crippen LogP contribution in [-0.4, -0.2) is 23.1 Å². The van der Waals surface area contributed by atoms with Crippen LogP contribution < -0.4 is 4.74 Å². The number of fused-ring (bicyclic) bond motifs is 7. The Morgan fingerprint density at radius 1 is 0.345 bits per heavy atom. The molecule has 4 heterocycles. The summed E-state index contributed by atoms with van der Waals surface area (Å²) in [6.45, 7) is 34.5. The van der Waals surface area contributed by atoms with Crippen molar-refractivity contribution in [3.05, 3.63) is 238 Å². The van der Waals surface area contributed by atoms with Crippen LogP contribution in [0.1, 0.15) is 132 Å². The van der Waals surface area contributed by atoms with Crippen LogP contribution in [0.2, 0.25) is 0 Å². The maximum absolute atomic E-state index is 7.26. The number of benzene rings is 9. The van der Waals surface area contributed by atoms with Gasteiger partial charge < -0.3 is 0 Å². The quantitative estimate of drug-likeness (QED) is 0.160. The molecule has 0 saturated carbocycles. The normalized spacial score (nSPS) is 12.8. The maximum atomic E-state index is 7.26. The first-order chi connectivity index (χ1) is 41.2. The molecular weight excluding hydrogens is 1240 g/mol. The minimum absolute atomic E-state index is 0.0215. The summed E-state index contributed by atoms with van der Waals surface area (Å²) in [4.78, 5) is 5.01. The van der Waals surface area contributed by atoms with E-state index < -0.39 is 0 Å². The van der Waals surface area contributed by atoms with Gasteiger partial charge in [0.2, 0.25) is 0 Å². The molecule has 13 rings (SSSR count). The number of hydrogen-bond acceptors (Lipinski definition) is 2. The fourth-order valence-electron chi connectivity index (χ4n) is 12.7. The standard InChI is InChI=1S/C80H79N5O.Pt/c1-76(2,3)53-33-35-58(36-34-53)84-67-30-18-17-26-64(67)66-29-22-32-70-75(66)83(50-82(70)74-61(51-23-20-24-54(43-51)77(4,5)6)27-21-28-62(74)52-44-56(79(10,11)12)46-57(45-52)80(13,14)15)72-49-60(38-40-69(72)84)86-59-37-39-65-63-25-16-19-31-68(63)85(71(65)48-59)73-47-55(41-42-81-73)78(7,8)9;/h16-49H,1-15H3;. The molecule has 0 aliphatic rings. The van der Waals surface area contributed by atoms with Crippen molar-refractivity contribution in [3.63, 3.8) is 0 Å². The summed E-state index contributed by atoms with van der Waals surface area (Å²) in [6, 6.07) is 74.7. The van der Waals surface area contributed by atoms with E-state index in [0.717, 1.165) is 92.8 Å². The van der Waals surface area contributed by atoms with Gasteiger partial charge in [-0.3, -0.25) is 0 Å². The van der Waals surface area contributed by atoms with Crippen molar-refractivity contribution >= 4 is 60.2 Å². The van der Waals surface area contributed by atoms with E-state index in [1.54, 1.807) is 0 Å². The Labute approximate surface area is 523 Å². The topological polar surface area (TPSA) is 41.3 Å². The molecule has 0 aliphatic carbocycles. The summed E-state index contributed by atoms with van der Waals surface area (Å²) in [7, 11) is 0. The average molecular weight is 1320 g/mol. The number of aromatic nitrogens is 5. The molecule has 13 aromatic rings. The summed E-state index contributed by atoms with van der Waals surface area (Å²) in [5, 5.41) is 4.58. The van der Waals surface area contributed by atoms with Gasteiger partial charge in [0, 0.05) is 6.20 Å². The van der Waals surface area contributed by atoms with E-state index in [1.165, 1.54) is 49.9 Å². The van der Waals surface area contributed by atoms with Crippen LogP contribution in [0.5, 0.6) is 11.5 Å². The predicted octanol–water partition coefficient (Wildman–Crippen LogP) is 21.7. The van der Waals surface area contributed by atoms with Crippen LogP contribution in [-0.2, 0) is 46.4 Å². The number of para-hydroxylation sites is 4. The van der Waals surface area contributed by atoms with E-state index in [9.17, 15) is 0 Å². The fraction of sp³-hybridized carbons (Fsp3) is 0.250. The molecule has 0 unspecified atom stereocenters. The molecule has 0 atom stereocenters. The Morgan fingerprint density at radius 2 is 0.851 bits per heavy atom. The molecule has 440 valence electrons. The molecular formula is C80H79N5OPt. The summed E-state index contributed by atoms with van der Waals surface area (Å²) in [6.07, 6.45) is 1.94. The van der Waals surface area contributed by atoms with Gasteiger partial charge in [-0.2, -0.15) is 0 Å². The Kier molecular flexibility index (Phi) is 13.9. The Hall–Kier alpha value is -8.31. The molecule has 0 N–H and O–H groups in total. The fourth-order valence-corrected chi connectivity index (χ4v) is 13.7. The third-order valence-corrected chi connectivity index (χ3v) is 18.7. The first kappa shape index (κ1) is 57.7. The molecule has 0 bridgehead atoms. The third-order valence-electron chi connectivity index (χ3n) is 17.7. The van der Waals surface area contributed by atoms with Crippen molar-refractivity contribution in [1.82, 2.24) is 23.1 Å². The molecule has 0 spiro atoms. The Balaban J connectivity index is 1.15. The second-order valence-corrected chi connectivity index (χ2v) is 30.0. The molecule has 9 aromatic carbocycles. The van der Waals surface area contributed by atoms with E-state index in [2.05, 4.69) is 342 Å². The van der Waals surface area contributed by atoms with Crippen molar-refractivity contribution < 1.29 is 24.1 Å². The van der Waals surface area contributed by atoms with Crippen molar-refractivity contribution in [2.45, 2.75) is 131 Å². The second kappa shape index (κ2) is 20.9. The monoisotopic (exact) mass is 1320 g/mol. The summed E-state index contributed by atoms with van der Waals surface area (Å²) < 4.78 is 18.1. The van der Waals surface area contributed by atoms with Crippen LogP contribution in [0.25, 0.3) is 99.6 Å². The van der Waals surface area contributed by atoms with Gasteiger partial charge in [-0.05, 0) is 17.0 Å². The van der Waals surface area contributed by atoms with Crippen molar-refractivity contribution in [1.29, 1.82) is 0 Å². The number of ether oxygens (including phenoxy) is 1. The van der Waals surface area contributed by atoms with E-state index in [1.807, 2.05) is 6.20 Å². The average Bonchev–Trinajstić information content (AvgIpc) is 1.71. The zero-order chi connectivity index (χ0) is 61.3. The molecule has 0 amide bonds. The number of nitrogens with zero attached hydrogens (tertiary/aromatic N) is 5. The second-order valence-electron chi connectivity index (χ2n) is 29.0. The molecule has 0 aliphatic heterocycles. The summed E-state index contributed by atoms with van der Waals surface area (Å²) in [5.41, 5.74) is 20.4. The van der Waals surface area contributed by atoms with Gasteiger partial charge in [-0.25, -0.2) is 0 Å². The SMILES string of the molecule is CC(C)(C)c1ccc(-n2c3ccccc3c3cccc4c3n([c](=[Pt])n4-c3c(-c4cccc(C(C)(C)C)c4)cccc3-c3cc(C(C)(C)C)cc(C(C)(C)C)c3)c3cc(Oc4ccc5c6ccccc6n(-c6cc(C(C)(C)C)ccn6)c5c4)ccc32)cc1. The molecule has 6 nitrogen and oxygen atoms in total. The number of pyridine rings is 1. The predicted molar refractivity (Wildman–Crippen MR) is 364 cm³/mol. The zero-order valence-electron chi connectivity index (χ0n) is 53.1. The van der Waals surface area contributed by atoms with E-state index >= 15 is 0 Å². The van der Waals surface area contributed by atoms with Crippen LogP contribution in [0.4, 0.5) is 0 Å². The van der Waals surface area contributed by atoms with Gasteiger partial charge in [0.25, 0.3) is 0 Å². The molecule has 0 fully saturated rings. The summed E-state index contributed by atoms with van der Waals surface area (Å²) in [5.74, 6) is 2.33. The van der Waals surface area contributed by atoms with Gasteiger partial charge in [-0.1, -0.05) is 32.9 Å². The van der Waals surface area contributed by atoms with Crippen LogP contribution in [0.3, 0.4) is 0 Å². The molecule has 4 aromatic heterocycles. The molecule has 7 heteroatoms. The van der Waals surface area contributed by atoms with E-state index in [-0.39, 0.29) is 27.1 Å². The van der Waals surface area contributed by atoms with Crippen molar-refractivity contribution in [2.24, 2.45) is 0 Å². The first-order valence-corrected chi connectivity index (χ1v) is 31.8. The third kappa shape index (κ3) is 10.3. The Morgan fingerprint density at radius 3 is 1.49 bits per heavy atom. The van der Waals surface area contributed by atoms with Crippen LogP contribution in [0, 0.1) is 3.80 Å². The van der Waals surface area contributed by atoms with Crippen LogP contribution >= 0.6 is 0 Å². The Bertz CT molecular complexity index is 4960. The number of imidazole rings is 1. The molecule has 0 radical (unpaired) electrons. The van der Waals surface area contributed by atoms with Gasteiger partial charge in [0.15, 0.2) is 0 Å². The zero-order valence-corrected chi connectivity index (χ0v) is 55.4. The first-order valence-electron chi connectivity index (χ1n) is 30.7. The molecule has 87 heavy (non-hydrogen) atoms. The van der Waals surface area contributed by atoms with E-state index in [0.29, 0.717) is 0 Å². The van der Waals surface area contributed by atoms with Gasteiger partial charge in [0.1, 0.15) is 0 Å². The van der Waals surface area contributed by atoms with Gasteiger partial charge >= 0.3 is 471 Å². The molecule has 0 saturated heterocycles. The summed E-state index contributed by atoms with van der Waals surface area (Å²) >= 11 is 2.64. The number of hydrogen-bond donors (Lipinski definition) is 0.